The topological polar surface area (TPSA) is 85.1 Å². The standard InChI is InChI=1S/C10H14FN3O2S/c11-8-3-1-6-13-9(8)17(15,16)14-10(7-12)4-2-5-10/h1,3,6,14H,2,4-5,7,12H2. The summed E-state index contributed by atoms with van der Waals surface area (Å²) in [6.07, 6.45) is 3.52. The van der Waals surface area contributed by atoms with E-state index in [1.165, 1.54) is 12.3 Å². The highest BCUT2D eigenvalue weighted by Gasteiger charge is 2.40. The average Bonchev–Trinajstić information content (AvgIpc) is 2.24. The van der Waals surface area contributed by atoms with Crippen LogP contribution in [0.25, 0.3) is 0 Å². The molecule has 94 valence electrons. The lowest BCUT2D eigenvalue weighted by molar-refractivity contribution is 0.230. The van der Waals surface area contributed by atoms with Gasteiger partial charge in [-0.15, -0.1) is 0 Å². The Kier molecular flexibility index (Phi) is 3.15. The normalized spacial score (nSPS) is 18.7. The molecule has 7 heteroatoms. The minimum Gasteiger partial charge on any atom is -0.329 e. The molecule has 0 aromatic carbocycles. The van der Waals surface area contributed by atoms with E-state index in [9.17, 15) is 12.8 Å². The Labute approximate surface area is 99.3 Å². The fraction of sp³-hybridized carbons (Fsp3) is 0.500. The molecule has 1 aromatic heterocycles. The van der Waals surface area contributed by atoms with Crippen LogP contribution in [0.2, 0.25) is 0 Å². The zero-order valence-electron chi connectivity index (χ0n) is 9.19. The molecule has 1 fully saturated rings. The molecule has 1 aliphatic rings. The maximum Gasteiger partial charge on any atom is 0.261 e. The van der Waals surface area contributed by atoms with Crippen LogP contribution in [-0.2, 0) is 10.0 Å². The summed E-state index contributed by atoms with van der Waals surface area (Å²) >= 11 is 0. The average molecular weight is 259 g/mol. The molecule has 0 bridgehead atoms. The summed E-state index contributed by atoms with van der Waals surface area (Å²) in [5.41, 5.74) is 4.93. The third-order valence-corrected chi connectivity index (χ3v) is 4.54. The van der Waals surface area contributed by atoms with Crippen molar-refractivity contribution < 1.29 is 12.8 Å². The monoisotopic (exact) mass is 259 g/mol. The van der Waals surface area contributed by atoms with Gasteiger partial charge in [-0.25, -0.2) is 22.5 Å². The molecule has 5 nitrogen and oxygen atoms in total. The minimum absolute atomic E-state index is 0.209. The predicted molar refractivity (Wildman–Crippen MR) is 60.2 cm³/mol. The van der Waals surface area contributed by atoms with Gasteiger partial charge >= 0.3 is 0 Å². The van der Waals surface area contributed by atoms with Crippen molar-refractivity contribution >= 4 is 10.0 Å². The number of hydrogen-bond acceptors (Lipinski definition) is 4. The highest BCUT2D eigenvalue weighted by molar-refractivity contribution is 7.89. The smallest absolute Gasteiger partial charge is 0.261 e. The van der Waals surface area contributed by atoms with E-state index in [2.05, 4.69) is 9.71 Å². The van der Waals surface area contributed by atoms with Gasteiger partial charge in [0.1, 0.15) is 0 Å². The number of nitrogens with two attached hydrogens (primary N) is 1. The van der Waals surface area contributed by atoms with Crippen LogP contribution in [0.1, 0.15) is 19.3 Å². The van der Waals surface area contributed by atoms with Crippen molar-refractivity contribution in [1.82, 2.24) is 9.71 Å². The van der Waals surface area contributed by atoms with Gasteiger partial charge in [0.25, 0.3) is 10.0 Å². The van der Waals surface area contributed by atoms with Gasteiger partial charge in [-0.05, 0) is 31.4 Å². The Bertz CT molecular complexity index is 509. The lowest BCUT2D eigenvalue weighted by atomic mass is 9.78. The van der Waals surface area contributed by atoms with Gasteiger partial charge in [-0.2, -0.15) is 0 Å². The summed E-state index contributed by atoms with van der Waals surface area (Å²) in [4.78, 5) is 3.56. The SMILES string of the molecule is NCC1(NS(=O)(=O)c2ncccc2F)CCC1. The number of rotatable bonds is 4. The van der Waals surface area contributed by atoms with Crippen molar-refractivity contribution in [2.45, 2.75) is 29.8 Å². The van der Waals surface area contributed by atoms with Crippen LogP contribution < -0.4 is 10.5 Å². The Morgan fingerprint density at radius 3 is 2.71 bits per heavy atom. The first kappa shape index (κ1) is 12.4. The van der Waals surface area contributed by atoms with Gasteiger partial charge in [-0.3, -0.25) is 0 Å². The van der Waals surface area contributed by atoms with Crippen LogP contribution in [0, 0.1) is 5.82 Å². The van der Waals surface area contributed by atoms with Gasteiger partial charge in [-0.1, -0.05) is 0 Å². The number of nitrogens with one attached hydrogen (secondary N) is 1. The molecule has 0 spiro atoms. The number of halogens is 1. The number of pyridine rings is 1. The van der Waals surface area contributed by atoms with Gasteiger partial charge in [0, 0.05) is 18.3 Å². The largest absolute Gasteiger partial charge is 0.329 e. The Morgan fingerprint density at radius 2 is 2.24 bits per heavy atom. The van der Waals surface area contributed by atoms with E-state index in [1.807, 2.05) is 0 Å². The molecule has 1 aliphatic carbocycles. The van der Waals surface area contributed by atoms with Crippen LogP contribution in [0.4, 0.5) is 4.39 Å². The fourth-order valence-corrected chi connectivity index (χ4v) is 3.33. The highest BCUT2D eigenvalue weighted by atomic mass is 32.2. The van der Waals surface area contributed by atoms with Gasteiger partial charge in [0.15, 0.2) is 5.82 Å². The summed E-state index contributed by atoms with van der Waals surface area (Å²) in [7, 11) is -3.94. The second-order valence-corrected chi connectivity index (χ2v) is 5.83. The molecule has 2 rings (SSSR count). The number of hydrogen-bond donors (Lipinski definition) is 2. The summed E-state index contributed by atoms with van der Waals surface area (Å²) in [6.45, 7) is 0.209. The van der Waals surface area contributed by atoms with E-state index < -0.39 is 26.4 Å². The summed E-state index contributed by atoms with van der Waals surface area (Å²) < 4.78 is 39.7. The van der Waals surface area contributed by atoms with Crippen molar-refractivity contribution in [3.63, 3.8) is 0 Å². The third kappa shape index (κ3) is 2.31. The van der Waals surface area contributed by atoms with E-state index in [-0.39, 0.29) is 6.54 Å². The molecule has 17 heavy (non-hydrogen) atoms. The van der Waals surface area contributed by atoms with E-state index in [0.717, 1.165) is 12.5 Å². The molecule has 1 heterocycles. The van der Waals surface area contributed by atoms with Crippen molar-refractivity contribution in [3.05, 3.63) is 24.1 Å². The first-order chi connectivity index (χ1) is 7.99. The molecule has 0 amide bonds. The van der Waals surface area contributed by atoms with Crippen molar-refractivity contribution in [2.24, 2.45) is 5.73 Å². The quantitative estimate of drug-likeness (QED) is 0.818. The minimum atomic E-state index is -3.94. The molecule has 1 saturated carbocycles. The lowest BCUT2D eigenvalue weighted by Crippen LogP contribution is -2.58. The Balaban J connectivity index is 2.29. The van der Waals surface area contributed by atoms with E-state index in [4.69, 9.17) is 5.73 Å². The van der Waals surface area contributed by atoms with Crippen LogP contribution in [0.3, 0.4) is 0 Å². The predicted octanol–water partition coefficient (Wildman–Crippen LogP) is 0.380. The summed E-state index contributed by atoms with van der Waals surface area (Å²) in [6, 6.07) is 2.41. The number of aromatic nitrogens is 1. The van der Waals surface area contributed by atoms with Gasteiger partial charge in [0.2, 0.25) is 5.03 Å². The van der Waals surface area contributed by atoms with Crippen molar-refractivity contribution in [3.8, 4) is 0 Å². The number of sulfonamides is 1. The second-order valence-electron chi connectivity index (χ2n) is 4.23. The van der Waals surface area contributed by atoms with Crippen molar-refractivity contribution in [2.75, 3.05) is 6.54 Å². The molecule has 0 unspecified atom stereocenters. The second kappa shape index (κ2) is 4.32. The van der Waals surface area contributed by atoms with Crippen molar-refractivity contribution in [1.29, 1.82) is 0 Å². The van der Waals surface area contributed by atoms with Crippen LogP contribution in [0.15, 0.2) is 23.4 Å². The summed E-state index contributed by atoms with van der Waals surface area (Å²) in [5, 5.41) is -0.570. The molecular weight excluding hydrogens is 245 g/mol. The number of nitrogens with zero attached hydrogens (tertiary/aromatic N) is 1. The van der Waals surface area contributed by atoms with Crippen LogP contribution in [-0.4, -0.2) is 25.5 Å². The molecule has 0 radical (unpaired) electrons. The van der Waals surface area contributed by atoms with Crippen LogP contribution >= 0.6 is 0 Å². The maximum atomic E-state index is 13.4. The molecule has 3 N–H and O–H groups in total. The molecule has 1 aromatic rings. The molecule has 0 atom stereocenters. The summed E-state index contributed by atoms with van der Waals surface area (Å²) in [5.74, 6) is -0.855. The first-order valence-corrected chi connectivity index (χ1v) is 6.82. The maximum absolute atomic E-state index is 13.4. The third-order valence-electron chi connectivity index (χ3n) is 3.03. The van der Waals surface area contributed by atoms with E-state index in [1.54, 1.807) is 0 Å². The fourth-order valence-electron chi connectivity index (χ4n) is 1.85. The zero-order chi connectivity index (χ0) is 12.5. The Hall–Kier alpha value is -1.05. The van der Waals surface area contributed by atoms with Gasteiger partial charge in [0.05, 0.1) is 0 Å². The molecular formula is C10H14FN3O2S. The van der Waals surface area contributed by atoms with E-state index in [0.29, 0.717) is 12.8 Å². The molecule has 0 aliphatic heterocycles. The highest BCUT2D eigenvalue weighted by Crippen LogP contribution is 2.32. The van der Waals surface area contributed by atoms with E-state index >= 15 is 0 Å². The lowest BCUT2D eigenvalue weighted by Gasteiger charge is -2.40. The first-order valence-electron chi connectivity index (χ1n) is 5.34. The molecule has 0 saturated heterocycles. The zero-order valence-corrected chi connectivity index (χ0v) is 10.0. The Morgan fingerprint density at radius 1 is 1.53 bits per heavy atom. The van der Waals surface area contributed by atoms with Gasteiger partial charge < -0.3 is 5.73 Å². The van der Waals surface area contributed by atoms with Crippen LogP contribution in [0.5, 0.6) is 0 Å².